The van der Waals surface area contributed by atoms with E-state index in [-0.39, 0.29) is 30.9 Å². The lowest BCUT2D eigenvalue weighted by molar-refractivity contribution is -0.149. The lowest BCUT2D eigenvalue weighted by Crippen LogP contribution is -2.54. The second kappa shape index (κ2) is 11.0. The maximum atomic E-state index is 13.0. The number of carbonyl (C=O) groups is 3. The van der Waals surface area contributed by atoms with Crippen LogP contribution in [0.15, 0.2) is 48.5 Å². The summed E-state index contributed by atoms with van der Waals surface area (Å²) in [6.07, 6.45) is -0.0142. The smallest absolute Gasteiger partial charge is 0.408 e. The Morgan fingerprint density at radius 1 is 0.973 bits per heavy atom. The fourth-order valence-electron chi connectivity index (χ4n) is 5.23. The van der Waals surface area contributed by atoms with Crippen molar-refractivity contribution in [3.63, 3.8) is 0 Å². The normalized spacial score (nSPS) is 20.5. The Hall–Kier alpha value is -3.26. The number of benzene rings is 2. The van der Waals surface area contributed by atoms with Crippen LogP contribution in [0.2, 0.25) is 0 Å². The van der Waals surface area contributed by atoms with E-state index in [4.69, 9.17) is 25.8 Å². The number of carbonyl (C=O) groups excluding carboxylic acids is 3. The molecule has 4 rings (SSSR count). The van der Waals surface area contributed by atoms with E-state index in [1.54, 1.807) is 20.8 Å². The van der Waals surface area contributed by atoms with Gasteiger partial charge in [0.1, 0.15) is 17.7 Å². The lowest BCUT2D eigenvalue weighted by Gasteiger charge is -2.28. The number of alkyl halides is 1. The maximum Gasteiger partial charge on any atom is 0.408 e. The van der Waals surface area contributed by atoms with Crippen LogP contribution in [0, 0.1) is 5.92 Å². The Bertz CT molecular complexity index is 1120. The van der Waals surface area contributed by atoms with E-state index in [1.807, 2.05) is 36.4 Å². The molecule has 0 radical (unpaired) electrons. The highest BCUT2D eigenvalue weighted by molar-refractivity contribution is 6.17. The van der Waals surface area contributed by atoms with Gasteiger partial charge in [-0.25, -0.2) is 14.4 Å². The molecule has 198 valence electrons. The minimum atomic E-state index is -1.28. The number of hydrogen-bond donors (Lipinski definition) is 2. The highest BCUT2D eigenvalue weighted by Gasteiger charge is 2.48. The number of amides is 2. The molecular weight excluding hydrogens is 496 g/mol. The number of nitrogens with one attached hydrogen (secondary N) is 2. The average Bonchev–Trinajstić information content (AvgIpc) is 3.40. The van der Waals surface area contributed by atoms with Crippen LogP contribution in [0.25, 0.3) is 11.1 Å². The zero-order valence-corrected chi connectivity index (χ0v) is 22.1. The van der Waals surface area contributed by atoms with E-state index in [1.165, 1.54) is 0 Å². The molecular formula is C28H33ClN2O6. The molecule has 37 heavy (non-hydrogen) atoms. The number of alkyl carbamates (subject to hydrolysis) is 2. The third-order valence-electron chi connectivity index (χ3n) is 6.81. The Labute approximate surface area is 222 Å². The van der Waals surface area contributed by atoms with E-state index in [2.05, 4.69) is 22.8 Å². The van der Waals surface area contributed by atoms with Crippen molar-refractivity contribution in [1.82, 2.24) is 10.6 Å². The van der Waals surface area contributed by atoms with Crippen LogP contribution >= 0.6 is 11.6 Å². The quantitative estimate of drug-likeness (QED) is 0.286. The number of hydrogen-bond acceptors (Lipinski definition) is 6. The number of fused-ring (bicyclic) bond motifs is 3. The third-order valence-corrected chi connectivity index (χ3v) is 6.92. The number of ether oxygens (including phenoxy) is 3. The molecule has 2 aromatic carbocycles. The highest BCUT2D eigenvalue weighted by atomic mass is 35.5. The summed E-state index contributed by atoms with van der Waals surface area (Å²) in [4.78, 5) is 37.9. The Balaban J connectivity index is 1.39. The van der Waals surface area contributed by atoms with Crippen molar-refractivity contribution in [1.29, 1.82) is 0 Å². The van der Waals surface area contributed by atoms with Gasteiger partial charge in [-0.05, 0) is 68.2 Å². The van der Waals surface area contributed by atoms with Gasteiger partial charge in [0.2, 0.25) is 0 Å². The topological polar surface area (TPSA) is 103 Å². The number of rotatable bonds is 7. The summed E-state index contributed by atoms with van der Waals surface area (Å²) in [7, 11) is 0. The molecule has 2 atom stereocenters. The Kier molecular flexibility index (Phi) is 7.97. The minimum Gasteiger partial charge on any atom is -0.449 e. The monoisotopic (exact) mass is 528 g/mol. The second-order valence-corrected chi connectivity index (χ2v) is 10.8. The summed E-state index contributed by atoms with van der Waals surface area (Å²) in [6.45, 7) is 5.79. The van der Waals surface area contributed by atoms with Gasteiger partial charge in [0, 0.05) is 12.5 Å². The zero-order valence-electron chi connectivity index (χ0n) is 21.3. The predicted molar refractivity (Wildman–Crippen MR) is 139 cm³/mol. The molecule has 2 aliphatic carbocycles. The van der Waals surface area contributed by atoms with Crippen molar-refractivity contribution < 1.29 is 28.6 Å². The SMILES string of the molecule is CC(C)(C)OC(=O)NCC1CCC(NC(=O)OCC2c3ccccc3-c3ccccc32)(C(=O)OCCl)C1. The van der Waals surface area contributed by atoms with Crippen molar-refractivity contribution in [3.8, 4) is 11.1 Å². The fourth-order valence-corrected chi connectivity index (χ4v) is 5.33. The summed E-state index contributed by atoms with van der Waals surface area (Å²) in [5, 5.41) is 5.51. The van der Waals surface area contributed by atoms with Crippen LogP contribution in [-0.4, -0.2) is 48.5 Å². The Morgan fingerprint density at radius 2 is 1.59 bits per heavy atom. The van der Waals surface area contributed by atoms with E-state index >= 15 is 0 Å². The first-order valence-corrected chi connectivity index (χ1v) is 13.0. The van der Waals surface area contributed by atoms with Gasteiger partial charge in [-0.15, -0.1) is 0 Å². The van der Waals surface area contributed by atoms with Crippen LogP contribution in [-0.2, 0) is 19.0 Å². The molecule has 0 spiro atoms. The summed E-state index contributed by atoms with van der Waals surface area (Å²) < 4.78 is 16.0. The fraction of sp³-hybridized carbons (Fsp3) is 0.464. The average molecular weight is 529 g/mol. The highest BCUT2D eigenvalue weighted by Crippen LogP contribution is 2.44. The number of esters is 1. The van der Waals surface area contributed by atoms with Crippen molar-refractivity contribution in [2.45, 2.75) is 57.1 Å². The van der Waals surface area contributed by atoms with Crippen LogP contribution in [0.3, 0.4) is 0 Å². The van der Waals surface area contributed by atoms with Crippen LogP contribution in [0.5, 0.6) is 0 Å². The molecule has 8 nitrogen and oxygen atoms in total. The maximum absolute atomic E-state index is 13.0. The summed E-state index contributed by atoms with van der Waals surface area (Å²) in [6, 6.07) is 15.8. The molecule has 0 aromatic heterocycles. The molecule has 0 heterocycles. The standard InChI is InChI=1S/C28H33ClN2O6/c1-27(2,3)37-25(33)30-15-18-12-13-28(14-18,24(32)36-17-29)31-26(34)35-16-23-21-10-6-4-8-19(21)20-9-5-7-11-22(20)23/h4-11,18,23H,12-17H2,1-3H3,(H,30,33)(H,31,34). The molecule has 2 aromatic rings. The van der Waals surface area contributed by atoms with E-state index in [9.17, 15) is 14.4 Å². The molecule has 2 N–H and O–H groups in total. The Morgan fingerprint density at radius 3 is 2.19 bits per heavy atom. The summed E-state index contributed by atoms with van der Waals surface area (Å²) in [5.41, 5.74) is 2.57. The van der Waals surface area contributed by atoms with Crippen molar-refractivity contribution in [2.75, 3.05) is 19.2 Å². The molecule has 2 aliphatic rings. The van der Waals surface area contributed by atoms with Gasteiger partial charge in [0.05, 0.1) is 0 Å². The molecule has 2 unspecified atom stereocenters. The summed E-state index contributed by atoms with van der Waals surface area (Å²) in [5.74, 6) is -0.779. The van der Waals surface area contributed by atoms with Crippen molar-refractivity contribution >= 4 is 29.8 Å². The van der Waals surface area contributed by atoms with Crippen molar-refractivity contribution in [2.24, 2.45) is 5.92 Å². The summed E-state index contributed by atoms with van der Waals surface area (Å²) >= 11 is 5.66. The van der Waals surface area contributed by atoms with Gasteiger partial charge >= 0.3 is 18.2 Å². The lowest BCUT2D eigenvalue weighted by atomic mass is 9.96. The molecule has 2 amide bonds. The van der Waals surface area contributed by atoms with E-state index in [0.717, 1.165) is 22.3 Å². The molecule has 1 fully saturated rings. The molecule has 0 saturated heterocycles. The molecule has 1 saturated carbocycles. The molecule has 0 aliphatic heterocycles. The van der Waals surface area contributed by atoms with E-state index < -0.39 is 29.3 Å². The van der Waals surface area contributed by atoms with Gasteiger partial charge in [-0.3, -0.25) is 0 Å². The first-order chi connectivity index (χ1) is 17.6. The van der Waals surface area contributed by atoms with Gasteiger partial charge in [0.15, 0.2) is 6.07 Å². The zero-order chi connectivity index (χ0) is 26.6. The number of halogens is 1. The van der Waals surface area contributed by atoms with Gasteiger partial charge in [-0.1, -0.05) is 60.1 Å². The largest absolute Gasteiger partial charge is 0.449 e. The van der Waals surface area contributed by atoms with Crippen LogP contribution < -0.4 is 10.6 Å². The predicted octanol–water partition coefficient (Wildman–Crippen LogP) is 5.33. The van der Waals surface area contributed by atoms with Crippen LogP contribution in [0.1, 0.15) is 57.1 Å². The molecule has 0 bridgehead atoms. The first-order valence-electron chi connectivity index (χ1n) is 12.4. The van der Waals surface area contributed by atoms with Crippen molar-refractivity contribution in [3.05, 3.63) is 59.7 Å². The first kappa shape index (κ1) is 26.8. The van der Waals surface area contributed by atoms with Gasteiger partial charge in [-0.2, -0.15) is 0 Å². The van der Waals surface area contributed by atoms with Gasteiger partial charge in [0.25, 0.3) is 0 Å². The van der Waals surface area contributed by atoms with Crippen LogP contribution in [0.4, 0.5) is 9.59 Å². The van der Waals surface area contributed by atoms with Gasteiger partial charge < -0.3 is 24.8 Å². The minimum absolute atomic E-state index is 0.0655. The van der Waals surface area contributed by atoms with E-state index in [0.29, 0.717) is 19.4 Å². The second-order valence-electron chi connectivity index (χ2n) is 10.6. The third kappa shape index (κ3) is 6.18. The molecule has 9 heteroatoms.